The second kappa shape index (κ2) is 6.37. The number of carbonyl (C=O) groups is 1. The summed E-state index contributed by atoms with van der Waals surface area (Å²) in [5, 5.41) is 4.78. The zero-order valence-corrected chi connectivity index (χ0v) is 12.0. The van der Waals surface area contributed by atoms with Crippen molar-refractivity contribution in [3.05, 3.63) is 36.0 Å². The van der Waals surface area contributed by atoms with E-state index in [1.54, 1.807) is 6.07 Å². The van der Waals surface area contributed by atoms with Gasteiger partial charge in [-0.2, -0.15) is 0 Å². The average Bonchev–Trinajstić information content (AvgIpc) is 2.45. The van der Waals surface area contributed by atoms with Crippen LogP contribution in [0.25, 0.3) is 10.8 Å². The lowest BCUT2D eigenvalue weighted by molar-refractivity contribution is 0.0933. The smallest absolute Gasteiger partial charge is 0.270 e. The lowest BCUT2D eigenvalue weighted by Gasteiger charge is -2.13. The molecule has 4 nitrogen and oxygen atoms in total. The number of nitrogens with one attached hydrogen (secondary N) is 1. The predicted octanol–water partition coefficient (Wildman–Crippen LogP) is 3.13. The summed E-state index contributed by atoms with van der Waals surface area (Å²) in [7, 11) is 0. The van der Waals surface area contributed by atoms with Crippen molar-refractivity contribution in [2.75, 3.05) is 5.73 Å². The molecule has 0 spiro atoms. The van der Waals surface area contributed by atoms with Gasteiger partial charge in [-0.05, 0) is 24.8 Å². The standard InChI is InChI=1S/C16H21N3O/c1-3-4-7-11(2)18-16(20)14-10-12-8-5-6-9-13(12)15(17)19-14/h5-6,8-11H,3-4,7H2,1-2H3,(H2,17,19)(H,18,20). The number of hydrogen-bond acceptors (Lipinski definition) is 3. The van der Waals surface area contributed by atoms with Crippen LogP contribution >= 0.6 is 0 Å². The molecule has 0 aliphatic heterocycles. The number of nitrogen functional groups attached to an aromatic ring is 1. The van der Waals surface area contributed by atoms with E-state index in [1.807, 2.05) is 31.2 Å². The van der Waals surface area contributed by atoms with Gasteiger partial charge in [0.2, 0.25) is 0 Å². The zero-order valence-electron chi connectivity index (χ0n) is 12.0. The van der Waals surface area contributed by atoms with Crippen LogP contribution in [0.2, 0.25) is 0 Å². The largest absolute Gasteiger partial charge is 0.383 e. The summed E-state index contributed by atoms with van der Waals surface area (Å²) in [5.74, 6) is 0.237. The SMILES string of the molecule is CCCCC(C)NC(=O)c1cc2ccccc2c(N)n1. The fraction of sp³-hybridized carbons (Fsp3) is 0.375. The van der Waals surface area contributed by atoms with Gasteiger partial charge in [-0.3, -0.25) is 4.79 Å². The van der Waals surface area contributed by atoms with Crippen molar-refractivity contribution >= 4 is 22.5 Å². The average molecular weight is 271 g/mol. The number of anilines is 1. The van der Waals surface area contributed by atoms with Crippen molar-refractivity contribution in [3.8, 4) is 0 Å². The number of carbonyl (C=O) groups excluding carboxylic acids is 1. The van der Waals surface area contributed by atoms with Gasteiger partial charge in [0.25, 0.3) is 5.91 Å². The first-order valence-electron chi connectivity index (χ1n) is 7.08. The number of aromatic nitrogens is 1. The third-order valence-corrected chi connectivity index (χ3v) is 3.37. The first-order chi connectivity index (χ1) is 9.61. The van der Waals surface area contributed by atoms with Crippen LogP contribution in [-0.4, -0.2) is 16.9 Å². The minimum atomic E-state index is -0.161. The lowest BCUT2D eigenvalue weighted by atomic mass is 10.1. The molecule has 1 unspecified atom stereocenters. The summed E-state index contributed by atoms with van der Waals surface area (Å²) in [4.78, 5) is 16.4. The highest BCUT2D eigenvalue weighted by Crippen LogP contribution is 2.20. The molecule has 3 N–H and O–H groups in total. The van der Waals surface area contributed by atoms with E-state index in [0.717, 1.165) is 30.0 Å². The molecule has 1 aromatic carbocycles. The lowest BCUT2D eigenvalue weighted by Crippen LogP contribution is -2.33. The maximum atomic E-state index is 12.2. The van der Waals surface area contributed by atoms with E-state index < -0.39 is 0 Å². The Morgan fingerprint density at radius 2 is 2.15 bits per heavy atom. The molecule has 0 radical (unpaired) electrons. The van der Waals surface area contributed by atoms with Crippen LogP contribution in [0.1, 0.15) is 43.6 Å². The highest BCUT2D eigenvalue weighted by atomic mass is 16.1. The van der Waals surface area contributed by atoms with Gasteiger partial charge in [-0.1, -0.05) is 44.0 Å². The number of nitrogens with zero attached hydrogens (tertiary/aromatic N) is 1. The number of amides is 1. The summed E-state index contributed by atoms with van der Waals surface area (Å²) < 4.78 is 0. The molecule has 0 saturated heterocycles. The van der Waals surface area contributed by atoms with Crippen LogP contribution in [0.5, 0.6) is 0 Å². The summed E-state index contributed by atoms with van der Waals surface area (Å²) in [5.41, 5.74) is 6.29. The Morgan fingerprint density at radius 1 is 1.40 bits per heavy atom. The van der Waals surface area contributed by atoms with E-state index in [-0.39, 0.29) is 11.9 Å². The van der Waals surface area contributed by atoms with Crippen LogP contribution < -0.4 is 11.1 Å². The van der Waals surface area contributed by atoms with E-state index in [1.165, 1.54) is 0 Å². The summed E-state index contributed by atoms with van der Waals surface area (Å²) in [6, 6.07) is 9.61. The minimum absolute atomic E-state index is 0.150. The molecular formula is C16H21N3O. The zero-order chi connectivity index (χ0) is 14.5. The van der Waals surface area contributed by atoms with E-state index in [4.69, 9.17) is 5.73 Å². The number of hydrogen-bond donors (Lipinski definition) is 2. The van der Waals surface area contributed by atoms with Gasteiger partial charge in [-0.25, -0.2) is 4.98 Å². The van der Waals surface area contributed by atoms with Gasteiger partial charge in [0, 0.05) is 11.4 Å². The summed E-state index contributed by atoms with van der Waals surface area (Å²) in [6.45, 7) is 4.15. The number of fused-ring (bicyclic) bond motifs is 1. The highest BCUT2D eigenvalue weighted by Gasteiger charge is 2.13. The molecule has 1 atom stereocenters. The molecule has 2 rings (SSSR count). The number of rotatable bonds is 5. The van der Waals surface area contributed by atoms with Crippen molar-refractivity contribution in [3.63, 3.8) is 0 Å². The number of unbranched alkanes of at least 4 members (excludes halogenated alkanes) is 1. The predicted molar refractivity (Wildman–Crippen MR) is 82.6 cm³/mol. The van der Waals surface area contributed by atoms with Gasteiger partial charge < -0.3 is 11.1 Å². The third kappa shape index (κ3) is 3.26. The summed E-state index contributed by atoms with van der Waals surface area (Å²) in [6.07, 6.45) is 3.21. The first-order valence-corrected chi connectivity index (χ1v) is 7.08. The Kier molecular flexibility index (Phi) is 4.56. The Balaban J connectivity index is 2.18. The Labute approximate surface area is 119 Å². The molecule has 1 aromatic heterocycles. The maximum Gasteiger partial charge on any atom is 0.270 e. The molecule has 0 aliphatic rings. The Morgan fingerprint density at radius 3 is 2.90 bits per heavy atom. The van der Waals surface area contributed by atoms with Crippen molar-refractivity contribution < 1.29 is 4.79 Å². The minimum Gasteiger partial charge on any atom is -0.383 e. The van der Waals surface area contributed by atoms with Gasteiger partial charge in [-0.15, -0.1) is 0 Å². The van der Waals surface area contributed by atoms with Crippen molar-refractivity contribution in [2.45, 2.75) is 39.2 Å². The van der Waals surface area contributed by atoms with Gasteiger partial charge in [0.05, 0.1) is 0 Å². The van der Waals surface area contributed by atoms with E-state index >= 15 is 0 Å². The van der Waals surface area contributed by atoms with Crippen LogP contribution in [0.15, 0.2) is 30.3 Å². The van der Waals surface area contributed by atoms with Crippen LogP contribution in [0, 0.1) is 0 Å². The Bertz CT molecular complexity index is 610. The molecular weight excluding hydrogens is 250 g/mol. The molecule has 1 heterocycles. The van der Waals surface area contributed by atoms with Crippen molar-refractivity contribution in [1.82, 2.24) is 10.3 Å². The van der Waals surface area contributed by atoms with Crippen LogP contribution in [0.3, 0.4) is 0 Å². The fourth-order valence-corrected chi connectivity index (χ4v) is 2.22. The second-order valence-corrected chi connectivity index (χ2v) is 5.13. The molecule has 0 aliphatic carbocycles. The van der Waals surface area contributed by atoms with E-state index in [0.29, 0.717) is 11.5 Å². The topological polar surface area (TPSA) is 68.0 Å². The molecule has 106 valence electrons. The van der Waals surface area contributed by atoms with Crippen LogP contribution in [-0.2, 0) is 0 Å². The normalized spacial score (nSPS) is 12.3. The van der Waals surface area contributed by atoms with Gasteiger partial charge in [0.1, 0.15) is 11.5 Å². The fourth-order valence-electron chi connectivity index (χ4n) is 2.22. The molecule has 0 bridgehead atoms. The monoisotopic (exact) mass is 271 g/mol. The van der Waals surface area contributed by atoms with Crippen molar-refractivity contribution in [1.29, 1.82) is 0 Å². The van der Waals surface area contributed by atoms with E-state index in [2.05, 4.69) is 17.2 Å². The maximum absolute atomic E-state index is 12.2. The molecule has 0 fully saturated rings. The summed E-state index contributed by atoms with van der Waals surface area (Å²) >= 11 is 0. The number of pyridine rings is 1. The van der Waals surface area contributed by atoms with Gasteiger partial charge >= 0.3 is 0 Å². The molecule has 20 heavy (non-hydrogen) atoms. The van der Waals surface area contributed by atoms with E-state index in [9.17, 15) is 4.79 Å². The molecule has 2 aromatic rings. The molecule has 0 saturated carbocycles. The number of benzene rings is 1. The number of nitrogens with two attached hydrogens (primary N) is 1. The molecule has 4 heteroatoms. The molecule has 1 amide bonds. The third-order valence-electron chi connectivity index (χ3n) is 3.37. The first kappa shape index (κ1) is 14.3. The Hall–Kier alpha value is -2.10. The quantitative estimate of drug-likeness (QED) is 0.878. The van der Waals surface area contributed by atoms with Gasteiger partial charge in [0.15, 0.2) is 0 Å². The van der Waals surface area contributed by atoms with Crippen molar-refractivity contribution in [2.24, 2.45) is 0 Å². The highest BCUT2D eigenvalue weighted by molar-refractivity contribution is 5.99. The van der Waals surface area contributed by atoms with Crippen LogP contribution in [0.4, 0.5) is 5.82 Å². The second-order valence-electron chi connectivity index (χ2n) is 5.13.